The number of aryl methyl sites for hydroxylation is 1. The summed E-state index contributed by atoms with van der Waals surface area (Å²) in [6, 6.07) is 10.5. The average molecular weight is 405 g/mol. The van der Waals surface area contributed by atoms with Crippen LogP contribution in [0.15, 0.2) is 41.4 Å². The molecule has 4 nitrogen and oxygen atoms in total. The minimum absolute atomic E-state index is 0.175. The van der Waals surface area contributed by atoms with Crippen LogP contribution in [0.3, 0.4) is 0 Å². The second-order valence-electron chi connectivity index (χ2n) is 5.44. The van der Waals surface area contributed by atoms with Crippen LogP contribution in [0.1, 0.15) is 5.56 Å². The maximum absolute atomic E-state index is 12.2. The van der Waals surface area contributed by atoms with Gasteiger partial charge in [0.2, 0.25) is 0 Å². The van der Waals surface area contributed by atoms with Gasteiger partial charge in [-0.15, -0.1) is 6.42 Å². The van der Waals surface area contributed by atoms with E-state index in [0.29, 0.717) is 27.1 Å². The highest BCUT2D eigenvalue weighted by Gasteiger charge is 2.12. The molecule has 1 heterocycles. The molecule has 1 aromatic heterocycles. The SMILES string of the molecule is C#CCn1c(=NC(=O)COc2ccc(Cl)cc2)sc2ccc(Cl)c(C)c21. The lowest BCUT2D eigenvalue weighted by molar-refractivity contribution is -0.120. The van der Waals surface area contributed by atoms with Gasteiger partial charge in [0.15, 0.2) is 11.4 Å². The Kier molecular flexibility index (Phi) is 5.67. The smallest absolute Gasteiger partial charge is 0.286 e. The predicted octanol–water partition coefficient (Wildman–Crippen LogP) is 4.46. The highest BCUT2D eigenvalue weighted by Crippen LogP contribution is 2.27. The Morgan fingerprint density at radius 1 is 1.27 bits per heavy atom. The van der Waals surface area contributed by atoms with E-state index in [-0.39, 0.29) is 6.61 Å². The summed E-state index contributed by atoms with van der Waals surface area (Å²) in [5.74, 6) is 2.74. The van der Waals surface area contributed by atoms with E-state index in [0.717, 1.165) is 15.8 Å². The van der Waals surface area contributed by atoms with Crippen molar-refractivity contribution in [1.29, 1.82) is 0 Å². The second-order valence-corrected chi connectivity index (χ2v) is 7.29. The zero-order valence-electron chi connectivity index (χ0n) is 13.8. The van der Waals surface area contributed by atoms with E-state index in [1.54, 1.807) is 24.3 Å². The van der Waals surface area contributed by atoms with Crippen molar-refractivity contribution in [3.63, 3.8) is 0 Å². The van der Waals surface area contributed by atoms with Crippen LogP contribution in [0, 0.1) is 19.3 Å². The number of carbonyl (C=O) groups excluding carboxylic acids is 1. The van der Waals surface area contributed by atoms with Gasteiger partial charge in [0.1, 0.15) is 5.75 Å². The molecule has 3 aromatic rings. The first-order valence-electron chi connectivity index (χ1n) is 7.67. The molecule has 0 N–H and O–H groups in total. The number of hydrogen-bond acceptors (Lipinski definition) is 3. The molecular weight excluding hydrogens is 391 g/mol. The molecule has 26 heavy (non-hydrogen) atoms. The summed E-state index contributed by atoms with van der Waals surface area (Å²) in [7, 11) is 0. The van der Waals surface area contributed by atoms with E-state index >= 15 is 0 Å². The molecule has 132 valence electrons. The number of hydrogen-bond donors (Lipinski definition) is 0. The van der Waals surface area contributed by atoms with Gasteiger partial charge >= 0.3 is 0 Å². The van der Waals surface area contributed by atoms with Crippen molar-refractivity contribution in [1.82, 2.24) is 4.57 Å². The van der Waals surface area contributed by atoms with Crippen LogP contribution in [0.2, 0.25) is 10.0 Å². The first-order chi connectivity index (χ1) is 12.5. The van der Waals surface area contributed by atoms with Crippen molar-refractivity contribution in [3.05, 3.63) is 56.8 Å². The number of carbonyl (C=O) groups is 1. The molecular formula is C19H14Cl2N2O2S. The molecule has 2 aromatic carbocycles. The third-order valence-corrected chi connectivity index (χ3v) is 5.38. The lowest BCUT2D eigenvalue weighted by Crippen LogP contribution is -2.19. The van der Waals surface area contributed by atoms with E-state index in [1.807, 2.05) is 23.6 Å². The molecule has 0 saturated carbocycles. The van der Waals surface area contributed by atoms with E-state index < -0.39 is 5.91 Å². The lowest BCUT2D eigenvalue weighted by atomic mass is 10.2. The largest absolute Gasteiger partial charge is 0.484 e. The van der Waals surface area contributed by atoms with Gasteiger partial charge in [0.25, 0.3) is 5.91 Å². The number of thiazole rings is 1. The summed E-state index contributed by atoms with van der Waals surface area (Å²) in [5.41, 5.74) is 1.80. The number of amides is 1. The molecule has 0 unspecified atom stereocenters. The normalized spacial score (nSPS) is 11.5. The summed E-state index contributed by atoms with van der Waals surface area (Å²) in [5, 5.41) is 1.24. The highest BCUT2D eigenvalue weighted by atomic mass is 35.5. The Morgan fingerprint density at radius 3 is 2.69 bits per heavy atom. The molecule has 0 aliphatic rings. The van der Waals surface area contributed by atoms with Crippen molar-refractivity contribution in [2.45, 2.75) is 13.5 Å². The number of rotatable bonds is 4. The fourth-order valence-corrected chi connectivity index (χ4v) is 3.84. The third-order valence-electron chi connectivity index (χ3n) is 3.68. The van der Waals surface area contributed by atoms with E-state index in [1.165, 1.54) is 11.3 Å². The zero-order chi connectivity index (χ0) is 18.7. The van der Waals surface area contributed by atoms with E-state index in [9.17, 15) is 4.79 Å². The minimum Gasteiger partial charge on any atom is -0.484 e. The monoisotopic (exact) mass is 404 g/mol. The van der Waals surface area contributed by atoms with Crippen LogP contribution in [-0.4, -0.2) is 17.1 Å². The average Bonchev–Trinajstić information content (AvgIpc) is 2.96. The van der Waals surface area contributed by atoms with Crippen LogP contribution in [0.4, 0.5) is 0 Å². The van der Waals surface area contributed by atoms with Crippen LogP contribution in [-0.2, 0) is 11.3 Å². The maximum atomic E-state index is 12.2. The first-order valence-corrected chi connectivity index (χ1v) is 9.24. The van der Waals surface area contributed by atoms with Crippen LogP contribution >= 0.6 is 34.5 Å². The Labute approximate surface area is 164 Å². The Hall–Kier alpha value is -2.26. The summed E-state index contributed by atoms with van der Waals surface area (Å²) in [4.78, 5) is 16.9. The second kappa shape index (κ2) is 7.96. The molecule has 0 saturated heterocycles. The predicted molar refractivity (Wildman–Crippen MR) is 106 cm³/mol. The molecule has 0 spiro atoms. The van der Waals surface area contributed by atoms with Gasteiger partial charge in [-0.3, -0.25) is 4.79 Å². The summed E-state index contributed by atoms with van der Waals surface area (Å²) < 4.78 is 8.23. The first kappa shape index (κ1) is 18.5. The van der Waals surface area contributed by atoms with Gasteiger partial charge in [-0.25, -0.2) is 0 Å². The van der Waals surface area contributed by atoms with Crippen LogP contribution in [0.5, 0.6) is 5.75 Å². The Morgan fingerprint density at radius 2 is 2.00 bits per heavy atom. The summed E-state index contributed by atoms with van der Waals surface area (Å²) >= 11 is 13.4. The van der Waals surface area contributed by atoms with Gasteiger partial charge in [0, 0.05) is 10.0 Å². The number of ether oxygens (including phenoxy) is 1. The molecule has 0 bridgehead atoms. The number of aromatic nitrogens is 1. The molecule has 0 aliphatic heterocycles. The molecule has 0 atom stereocenters. The van der Waals surface area contributed by atoms with Crippen molar-refractivity contribution in [2.75, 3.05) is 6.61 Å². The standard InChI is InChI=1S/C19H14Cl2N2O2S/c1-3-10-23-18-12(2)15(21)8-9-16(18)26-19(23)22-17(24)11-25-14-6-4-13(20)5-7-14/h1,4-9H,10-11H2,2H3. The number of halogens is 2. The van der Waals surface area contributed by atoms with Gasteiger partial charge < -0.3 is 9.30 Å². The Balaban J connectivity index is 1.92. The fraction of sp³-hybridized carbons (Fsp3) is 0.158. The molecule has 0 aliphatic carbocycles. The highest BCUT2D eigenvalue weighted by molar-refractivity contribution is 7.16. The molecule has 7 heteroatoms. The number of fused-ring (bicyclic) bond motifs is 1. The fourth-order valence-electron chi connectivity index (χ4n) is 2.45. The summed E-state index contributed by atoms with van der Waals surface area (Å²) in [6.07, 6.45) is 5.48. The van der Waals surface area contributed by atoms with Crippen molar-refractivity contribution in [2.24, 2.45) is 4.99 Å². The van der Waals surface area contributed by atoms with Crippen LogP contribution in [0.25, 0.3) is 10.2 Å². The number of nitrogens with zero attached hydrogens (tertiary/aromatic N) is 2. The van der Waals surface area contributed by atoms with Crippen molar-refractivity contribution < 1.29 is 9.53 Å². The topological polar surface area (TPSA) is 43.6 Å². The zero-order valence-corrected chi connectivity index (χ0v) is 16.2. The lowest BCUT2D eigenvalue weighted by Gasteiger charge is -2.05. The third kappa shape index (κ3) is 3.94. The van der Waals surface area contributed by atoms with Crippen molar-refractivity contribution in [3.8, 4) is 18.1 Å². The van der Waals surface area contributed by atoms with Gasteiger partial charge in [-0.1, -0.05) is 40.5 Å². The Bertz CT molecular complexity index is 1080. The van der Waals surface area contributed by atoms with Crippen molar-refractivity contribution >= 4 is 50.7 Å². The quantitative estimate of drug-likeness (QED) is 0.602. The minimum atomic E-state index is -0.402. The van der Waals surface area contributed by atoms with E-state index in [2.05, 4.69) is 10.9 Å². The number of terminal acetylenes is 1. The summed E-state index contributed by atoms with van der Waals surface area (Å²) in [6.45, 7) is 2.04. The molecule has 0 fully saturated rings. The van der Waals surface area contributed by atoms with Gasteiger partial charge in [-0.2, -0.15) is 4.99 Å². The van der Waals surface area contributed by atoms with E-state index in [4.69, 9.17) is 34.4 Å². The van der Waals surface area contributed by atoms with Crippen LogP contribution < -0.4 is 9.54 Å². The molecule has 3 rings (SSSR count). The van der Waals surface area contributed by atoms with Gasteiger partial charge in [-0.05, 0) is 48.9 Å². The maximum Gasteiger partial charge on any atom is 0.286 e. The molecule has 1 amide bonds. The molecule has 0 radical (unpaired) electrons. The van der Waals surface area contributed by atoms with Gasteiger partial charge in [0.05, 0.1) is 16.8 Å². The number of benzene rings is 2.